The van der Waals surface area contributed by atoms with Gasteiger partial charge in [0, 0.05) is 6.42 Å². The molecule has 0 unspecified atom stereocenters. The highest BCUT2D eigenvalue weighted by atomic mass is 19.1. The number of nitrogens with one attached hydrogen (secondary N) is 2. The van der Waals surface area contributed by atoms with Crippen molar-refractivity contribution in [2.75, 3.05) is 24.9 Å². The van der Waals surface area contributed by atoms with Crippen molar-refractivity contribution < 1.29 is 28.2 Å². The molecule has 30 heavy (non-hydrogen) atoms. The normalized spacial score (nSPS) is 10.9. The van der Waals surface area contributed by atoms with Crippen LogP contribution in [0.1, 0.15) is 32.8 Å². The van der Waals surface area contributed by atoms with E-state index < -0.39 is 17.5 Å². The van der Waals surface area contributed by atoms with E-state index in [2.05, 4.69) is 10.6 Å². The molecule has 0 aliphatic carbocycles. The van der Waals surface area contributed by atoms with E-state index >= 15 is 0 Å². The number of hydrogen-bond donors (Lipinski definition) is 2. The number of hydrogen-bond acceptors (Lipinski definition) is 5. The van der Waals surface area contributed by atoms with Gasteiger partial charge in [0.1, 0.15) is 11.4 Å². The van der Waals surface area contributed by atoms with E-state index in [1.807, 2.05) is 12.1 Å². The van der Waals surface area contributed by atoms with Gasteiger partial charge < -0.3 is 19.5 Å². The van der Waals surface area contributed by atoms with Gasteiger partial charge in [0.2, 0.25) is 5.91 Å². The number of ether oxygens (including phenoxy) is 3. The number of benzene rings is 2. The lowest BCUT2D eigenvalue weighted by molar-refractivity contribution is -0.116. The van der Waals surface area contributed by atoms with Crippen LogP contribution in [0.25, 0.3) is 0 Å². The molecule has 0 spiro atoms. The first-order valence-electron chi connectivity index (χ1n) is 9.42. The molecule has 2 N–H and O–H groups in total. The fourth-order valence-corrected chi connectivity index (χ4v) is 2.75. The number of anilines is 2. The molecule has 0 atom stereocenters. The second kappa shape index (κ2) is 9.96. The molecule has 0 aliphatic heterocycles. The third-order valence-corrected chi connectivity index (χ3v) is 4.00. The van der Waals surface area contributed by atoms with Crippen LogP contribution < -0.4 is 20.1 Å². The van der Waals surface area contributed by atoms with Crippen LogP contribution in [0.3, 0.4) is 0 Å². The second-order valence-electron chi connectivity index (χ2n) is 7.52. The predicted molar refractivity (Wildman–Crippen MR) is 113 cm³/mol. The third-order valence-electron chi connectivity index (χ3n) is 4.00. The summed E-state index contributed by atoms with van der Waals surface area (Å²) in [6.45, 7) is 5.19. The van der Waals surface area contributed by atoms with E-state index in [0.717, 1.165) is 11.6 Å². The Morgan fingerprint density at radius 1 is 1.00 bits per heavy atom. The van der Waals surface area contributed by atoms with Gasteiger partial charge in [-0.3, -0.25) is 10.1 Å². The van der Waals surface area contributed by atoms with Crippen molar-refractivity contribution in [2.45, 2.75) is 39.2 Å². The lowest BCUT2D eigenvalue weighted by atomic mass is 10.1. The van der Waals surface area contributed by atoms with E-state index in [9.17, 15) is 14.0 Å². The molecular formula is C22H27FN2O5. The van der Waals surface area contributed by atoms with Crippen molar-refractivity contribution in [1.29, 1.82) is 0 Å². The predicted octanol–water partition coefficient (Wildman–Crippen LogP) is 4.76. The van der Waals surface area contributed by atoms with E-state index in [4.69, 9.17) is 14.2 Å². The Morgan fingerprint density at radius 2 is 1.73 bits per heavy atom. The lowest BCUT2D eigenvalue weighted by Gasteiger charge is -2.20. The minimum Gasteiger partial charge on any atom is -0.493 e. The molecule has 2 rings (SSSR count). The van der Waals surface area contributed by atoms with E-state index in [1.165, 1.54) is 26.4 Å². The number of carbonyl (C=O) groups excluding carboxylic acids is 2. The number of para-hydroxylation sites is 1. The molecule has 8 heteroatoms. The Labute approximate surface area is 175 Å². The van der Waals surface area contributed by atoms with Crippen molar-refractivity contribution in [3.63, 3.8) is 0 Å². The molecule has 7 nitrogen and oxygen atoms in total. The molecular weight excluding hydrogens is 391 g/mol. The monoisotopic (exact) mass is 418 g/mol. The molecule has 162 valence electrons. The number of aryl methyl sites for hydroxylation is 1. The molecule has 0 fully saturated rings. The number of halogens is 1. The molecule has 0 aromatic heterocycles. The molecule has 2 aromatic carbocycles. The Bertz CT molecular complexity index is 909. The Hall–Kier alpha value is -3.29. The molecule has 0 radical (unpaired) electrons. The van der Waals surface area contributed by atoms with Gasteiger partial charge in [-0.25, -0.2) is 9.18 Å². The number of methoxy groups -OCH3 is 2. The zero-order valence-corrected chi connectivity index (χ0v) is 17.8. The number of amides is 2. The molecule has 0 bridgehead atoms. The summed E-state index contributed by atoms with van der Waals surface area (Å²) < 4.78 is 29.5. The maximum absolute atomic E-state index is 13.7. The zero-order chi connectivity index (χ0) is 22.3. The van der Waals surface area contributed by atoms with Crippen LogP contribution in [-0.2, 0) is 16.0 Å². The molecule has 2 aromatic rings. The van der Waals surface area contributed by atoms with Crippen LogP contribution in [0.5, 0.6) is 11.5 Å². The summed E-state index contributed by atoms with van der Waals surface area (Å²) in [4.78, 5) is 24.5. The smallest absolute Gasteiger partial charge is 0.412 e. The largest absolute Gasteiger partial charge is 0.493 e. The van der Waals surface area contributed by atoms with Gasteiger partial charge in [-0.05, 0) is 57.0 Å². The van der Waals surface area contributed by atoms with Crippen LogP contribution >= 0.6 is 0 Å². The summed E-state index contributed by atoms with van der Waals surface area (Å²) in [7, 11) is 3.07. The summed E-state index contributed by atoms with van der Waals surface area (Å²) in [5, 5.41) is 5.16. The highest BCUT2D eigenvalue weighted by Gasteiger charge is 2.18. The first-order valence-corrected chi connectivity index (χ1v) is 9.42. The van der Waals surface area contributed by atoms with E-state index in [-0.39, 0.29) is 23.7 Å². The maximum atomic E-state index is 13.7. The van der Waals surface area contributed by atoms with Gasteiger partial charge in [0.15, 0.2) is 11.5 Å². The van der Waals surface area contributed by atoms with Crippen molar-refractivity contribution in [1.82, 2.24) is 0 Å². The average Bonchev–Trinajstić information content (AvgIpc) is 2.66. The quantitative estimate of drug-likeness (QED) is 0.677. The van der Waals surface area contributed by atoms with Gasteiger partial charge in [-0.2, -0.15) is 0 Å². The SMILES string of the molecule is COc1cccc(CCC(=O)Nc2cc(F)ccc2NC(=O)OC(C)(C)C)c1OC. The lowest BCUT2D eigenvalue weighted by Crippen LogP contribution is -2.27. The Morgan fingerprint density at radius 3 is 2.37 bits per heavy atom. The fraction of sp³-hybridized carbons (Fsp3) is 0.364. The molecule has 0 saturated heterocycles. The first kappa shape index (κ1) is 23.0. The fourth-order valence-electron chi connectivity index (χ4n) is 2.75. The second-order valence-corrected chi connectivity index (χ2v) is 7.52. The van der Waals surface area contributed by atoms with Gasteiger partial charge in [0.05, 0.1) is 25.6 Å². The zero-order valence-electron chi connectivity index (χ0n) is 17.8. The van der Waals surface area contributed by atoms with Gasteiger partial charge in [0.25, 0.3) is 0 Å². The van der Waals surface area contributed by atoms with Crippen molar-refractivity contribution >= 4 is 23.4 Å². The Kier molecular flexibility index (Phi) is 7.63. The summed E-state index contributed by atoms with van der Waals surface area (Å²) in [6, 6.07) is 9.10. The molecule has 0 heterocycles. The van der Waals surface area contributed by atoms with Crippen LogP contribution in [-0.4, -0.2) is 31.8 Å². The number of rotatable bonds is 7. The van der Waals surface area contributed by atoms with Crippen LogP contribution in [0.2, 0.25) is 0 Å². The molecule has 2 amide bonds. The first-order chi connectivity index (χ1) is 14.1. The standard InChI is InChI=1S/C22H27FN2O5/c1-22(2,3)30-21(27)25-16-11-10-15(23)13-17(16)24-19(26)12-9-14-7-6-8-18(28-4)20(14)29-5/h6-8,10-11,13H,9,12H2,1-5H3,(H,24,26)(H,25,27). The highest BCUT2D eigenvalue weighted by molar-refractivity contribution is 5.97. The van der Waals surface area contributed by atoms with Crippen LogP contribution in [0.4, 0.5) is 20.6 Å². The van der Waals surface area contributed by atoms with Crippen molar-refractivity contribution in [3.05, 3.63) is 47.8 Å². The summed E-state index contributed by atoms with van der Waals surface area (Å²) in [5.41, 5.74) is 0.489. The van der Waals surface area contributed by atoms with E-state index in [0.29, 0.717) is 17.9 Å². The molecule has 0 saturated carbocycles. The third kappa shape index (κ3) is 6.65. The minimum absolute atomic E-state index is 0.117. The number of carbonyl (C=O) groups is 2. The van der Waals surface area contributed by atoms with E-state index in [1.54, 1.807) is 26.8 Å². The maximum Gasteiger partial charge on any atom is 0.412 e. The topological polar surface area (TPSA) is 85.9 Å². The summed E-state index contributed by atoms with van der Waals surface area (Å²) >= 11 is 0. The van der Waals surface area contributed by atoms with Crippen LogP contribution in [0, 0.1) is 5.82 Å². The van der Waals surface area contributed by atoms with Gasteiger partial charge in [-0.1, -0.05) is 12.1 Å². The van der Waals surface area contributed by atoms with Crippen LogP contribution in [0.15, 0.2) is 36.4 Å². The minimum atomic E-state index is -0.703. The summed E-state index contributed by atoms with van der Waals surface area (Å²) in [6.07, 6.45) is -0.201. The average molecular weight is 418 g/mol. The Balaban J connectivity index is 2.08. The molecule has 0 aliphatic rings. The van der Waals surface area contributed by atoms with Gasteiger partial charge in [-0.15, -0.1) is 0 Å². The van der Waals surface area contributed by atoms with Gasteiger partial charge >= 0.3 is 6.09 Å². The van der Waals surface area contributed by atoms with Crippen molar-refractivity contribution in [3.8, 4) is 11.5 Å². The summed E-state index contributed by atoms with van der Waals surface area (Å²) in [5.74, 6) is 0.238. The van der Waals surface area contributed by atoms with Crippen molar-refractivity contribution in [2.24, 2.45) is 0 Å². The highest BCUT2D eigenvalue weighted by Crippen LogP contribution is 2.31.